The number of amides is 2. The fourth-order valence-electron chi connectivity index (χ4n) is 3.22. The minimum absolute atomic E-state index is 0.191. The molecule has 1 aliphatic heterocycles. The van der Waals surface area contributed by atoms with Crippen molar-refractivity contribution in [3.63, 3.8) is 0 Å². The summed E-state index contributed by atoms with van der Waals surface area (Å²) in [6.07, 6.45) is 0. The van der Waals surface area contributed by atoms with Gasteiger partial charge in [0.15, 0.2) is 0 Å². The number of ether oxygens (including phenoxy) is 1. The molecule has 8 heteroatoms. The zero-order valence-electron chi connectivity index (χ0n) is 18.0. The molecule has 8 nitrogen and oxygen atoms in total. The van der Waals surface area contributed by atoms with Gasteiger partial charge in [0.1, 0.15) is 0 Å². The van der Waals surface area contributed by atoms with Crippen LogP contribution in [0.1, 0.15) is 22.8 Å². The molecule has 1 aliphatic rings. The molecule has 2 amide bonds. The Labute approximate surface area is 182 Å². The Morgan fingerprint density at radius 1 is 1.03 bits per heavy atom. The highest BCUT2D eigenvalue weighted by molar-refractivity contribution is 6.10. The molecule has 31 heavy (non-hydrogen) atoms. The molecule has 0 saturated carbocycles. The molecule has 2 aromatic rings. The molecule has 1 fully saturated rings. The van der Waals surface area contributed by atoms with Crippen molar-refractivity contribution in [2.24, 2.45) is 4.99 Å². The minimum Gasteiger partial charge on any atom is -0.379 e. The summed E-state index contributed by atoms with van der Waals surface area (Å²) in [6, 6.07) is 14.7. The van der Waals surface area contributed by atoms with Gasteiger partial charge in [0.2, 0.25) is 11.9 Å². The molecule has 3 rings (SSSR count). The van der Waals surface area contributed by atoms with Gasteiger partial charge in [-0.25, -0.2) is 0 Å². The van der Waals surface area contributed by atoms with Crippen molar-refractivity contribution in [1.82, 2.24) is 10.2 Å². The highest BCUT2D eigenvalue weighted by atomic mass is 16.5. The lowest BCUT2D eigenvalue weighted by Gasteiger charge is -2.25. The Morgan fingerprint density at radius 2 is 1.74 bits per heavy atom. The van der Waals surface area contributed by atoms with E-state index >= 15 is 0 Å². The maximum atomic E-state index is 12.8. The Morgan fingerprint density at radius 3 is 2.45 bits per heavy atom. The Bertz CT molecular complexity index is 938. The molecule has 0 unspecified atom stereocenters. The van der Waals surface area contributed by atoms with Gasteiger partial charge >= 0.3 is 0 Å². The maximum Gasteiger partial charge on any atom is 0.258 e. The fraction of sp³-hybridized carbons (Fsp3) is 0.348. The number of rotatable bonds is 6. The summed E-state index contributed by atoms with van der Waals surface area (Å²) >= 11 is 0. The number of carbonyl (C=O) groups is 2. The molecule has 3 N–H and O–H groups in total. The van der Waals surface area contributed by atoms with Crippen LogP contribution < -0.4 is 16.0 Å². The number of aliphatic imine (C=N–C) groups is 1. The van der Waals surface area contributed by atoms with E-state index in [4.69, 9.17) is 4.74 Å². The third kappa shape index (κ3) is 7.51. The predicted octanol–water partition coefficient (Wildman–Crippen LogP) is 2.48. The minimum atomic E-state index is -0.308. The molecule has 0 bridgehead atoms. The molecule has 0 aliphatic carbocycles. The molecule has 1 heterocycles. The van der Waals surface area contributed by atoms with E-state index in [-0.39, 0.29) is 11.8 Å². The third-order valence-corrected chi connectivity index (χ3v) is 4.75. The molecular formula is C23H29N5O3. The van der Waals surface area contributed by atoms with Crippen LogP contribution in [0.25, 0.3) is 0 Å². The predicted molar refractivity (Wildman–Crippen MR) is 123 cm³/mol. The number of morpholine rings is 1. The van der Waals surface area contributed by atoms with Gasteiger partial charge < -0.3 is 15.4 Å². The normalized spacial score (nSPS) is 14.7. The zero-order chi connectivity index (χ0) is 22.1. The van der Waals surface area contributed by atoms with E-state index in [9.17, 15) is 9.59 Å². The molecule has 164 valence electrons. The number of aryl methyl sites for hydroxylation is 1. The van der Waals surface area contributed by atoms with Crippen LogP contribution in [-0.2, 0) is 9.53 Å². The second kappa shape index (κ2) is 11.2. The monoisotopic (exact) mass is 423 g/mol. The summed E-state index contributed by atoms with van der Waals surface area (Å²) in [5.41, 5.74) is 2.94. The molecular weight excluding hydrogens is 394 g/mol. The molecule has 2 aromatic carbocycles. The van der Waals surface area contributed by atoms with Gasteiger partial charge in [0, 0.05) is 43.5 Å². The summed E-state index contributed by atoms with van der Waals surface area (Å²) in [7, 11) is 0. The molecule has 0 aromatic heterocycles. The van der Waals surface area contributed by atoms with E-state index < -0.39 is 0 Å². The first-order chi connectivity index (χ1) is 15.0. The van der Waals surface area contributed by atoms with Crippen LogP contribution in [-0.4, -0.2) is 62.1 Å². The number of anilines is 2. The molecule has 0 atom stereocenters. The van der Waals surface area contributed by atoms with Crippen LogP contribution >= 0.6 is 0 Å². The average Bonchev–Trinajstić information content (AvgIpc) is 2.74. The van der Waals surface area contributed by atoms with Crippen molar-refractivity contribution in [3.8, 4) is 0 Å². The summed E-state index contributed by atoms with van der Waals surface area (Å²) in [5.74, 6) is -0.115. The fourth-order valence-corrected chi connectivity index (χ4v) is 3.22. The number of guanidine groups is 1. The Kier molecular flexibility index (Phi) is 8.14. The zero-order valence-corrected chi connectivity index (χ0v) is 18.0. The first-order valence-electron chi connectivity index (χ1n) is 10.4. The number of hydrogen-bond acceptors (Lipinski definition) is 5. The van der Waals surface area contributed by atoms with Crippen LogP contribution in [0.15, 0.2) is 53.5 Å². The number of hydrogen-bond donors (Lipinski definition) is 3. The van der Waals surface area contributed by atoms with Crippen molar-refractivity contribution in [2.45, 2.75) is 13.8 Å². The standard InChI is InChI=1S/C23H29N5O3/c1-17-5-3-7-20(15-17)26-23(24-9-10-28-11-13-31-14-12-28)27-22(30)19-6-4-8-21(16-19)25-18(2)29/h3-8,15-16H,9-14H2,1-2H3,(H,25,29)(H2,24,26,27,30). The van der Waals surface area contributed by atoms with E-state index in [1.165, 1.54) is 6.92 Å². The lowest BCUT2D eigenvalue weighted by Crippen LogP contribution is -2.39. The summed E-state index contributed by atoms with van der Waals surface area (Å²) in [4.78, 5) is 31.0. The lowest BCUT2D eigenvalue weighted by molar-refractivity contribution is -0.114. The summed E-state index contributed by atoms with van der Waals surface area (Å²) in [5, 5.41) is 8.76. The lowest BCUT2D eigenvalue weighted by atomic mass is 10.2. The van der Waals surface area contributed by atoms with Crippen molar-refractivity contribution >= 4 is 29.1 Å². The van der Waals surface area contributed by atoms with Crippen LogP contribution in [0.2, 0.25) is 0 Å². The van der Waals surface area contributed by atoms with Crippen molar-refractivity contribution in [2.75, 3.05) is 50.0 Å². The van der Waals surface area contributed by atoms with Gasteiger partial charge in [-0.05, 0) is 42.8 Å². The van der Waals surface area contributed by atoms with Crippen molar-refractivity contribution < 1.29 is 14.3 Å². The second-order valence-corrected chi connectivity index (χ2v) is 7.39. The Balaban J connectivity index is 1.70. The van der Waals surface area contributed by atoms with Gasteiger partial charge in [0.25, 0.3) is 5.91 Å². The number of nitrogens with zero attached hydrogens (tertiary/aromatic N) is 2. The number of nitrogens with one attached hydrogen (secondary N) is 3. The summed E-state index contributed by atoms with van der Waals surface area (Å²) < 4.78 is 5.38. The van der Waals surface area contributed by atoms with E-state index in [1.807, 2.05) is 31.2 Å². The molecule has 0 spiro atoms. The number of benzene rings is 2. The van der Waals surface area contributed by atoms with Crippen LogP contribution in [0, 0.1) is 6.92 Å². The highest BCUT2D eigenvalue weighted by Crippen LogP contribution is 2.12. The third-order valence-electron chi connectivity index (χ3n) is 4.75. The number of carbonyl (C=O) groups excluding carboxylic acids is 2. The van der Waals surface area contributed by atoms with Gasteiger partial charge in [-0.1, -0.05) is 18.2 Å². The highest BCUT2D eigenvalue weighted by Gasteiger charge is 2.12. The first-order valence-corrected chi connectivity index (χ1v) is 10.4. The van der Waals surface area contributed by atoms with E-state index in [0.717, 1.165) is 44.1 Å². The van der Waals surface area contributed by atoms with Gasteiger partial charge in [-0.2, -0.15) is 0 Å². The van der Waals surface area contributed by atoms with Crippen LogP contribution in [0.4, 0.5) is 11.4 Å². The van der Waals surface area contributed by atoms with Gasteiger partial charge in [-0.3, -0.25) is 24.8 Å². The van der Waals surface area contributed by atoms with E-state index in [2.05, 4.69) is 25.8 Å². The van der Waals surface area contributed by atoms with Crippen molar-refractivity contribution in [3.05, 3.63) is 59.7 Å². The first kappa shape index (κ1) is 22.5. The Hall–Kier alpha value is -3.23. The van der Waals surface area contributed by atoms with Crippen LogP contribution in [0.3, 0.4) is 0 Å². The smallest absolute Gasteiger partial charge is 0.258 e. The summed E-state index contributed by atoms with van der Waals surface area (Å²) in [6.45, 7) is 8.01. The SMILES string of the molecule is CC(=O)Nc1cccc(C(=O)NC(=NCCN2CCOCC2)Nc2cccc(C)c2)c1. The molecule has 1 saturated heterocycles. The van der Waals surface area contributed by atoms with E-state index in [1.54, 1.807) is 24.3 Å². The van der Waals surface area contributed by atoms with Crippen LogP contribution in [0.5, 0.6) is 0 Å². The van der Waals surface area contributed by atoms with E-state index in [0.29, 0.717) is 23.8 Å². The molecule has 0 radical (unpaired) electrons. The largest absolute Gasteiger partial charge is 0.379 e. The topological polar surface area (TPSA) is 95.1 Å². The van der Waals surface area contributed by atoms with Crippen molar-refractivity contribution in [1.29, 1.82) is 0 Å². The van der Waals surface area contributed by atoms with Gasteiger partial charge in [-0.15, -0.1) is 0 Å². The van der Waals surface area contributed by atoms with Gasteiger partial charge in [0.05, 0.1) is 19.8 Å². The quantitative estimate of drug-likeness (QED) is 0.490. The second-order valence-electron chi connectivity index (χ2n) is 7.39. The average molecular weight is 424 g/mol. The maximum absolute atomic E-state index is 12.8.